The van der Waals surface area contributed by atoms with E-state index in [2.05, 4.69) is 36.3 Å². The Kier molecular flexibility index (Phi) is 4.47. The summed E-state index contributed by atoms with van der Waals surface area (Å²) < 4.78 is 21.9. The largest absolute Gasteiger partial charge is 0.337 e. The highest BCUT2D eigenvalue weighted by Gasteiger charge is 2.15. The van der Waals surface area contributed by atoms with Crippen LogP contribution in [0.3, 0.4) is 0 Å². The number of rotatable bonds is 4. The molecule has 0 N–H and O–H groups in total. The molecule has 10 heteroatoms. The molecule has 0 aliphatic carbocycles. The Labute approximate surface area is 176 Å². The molecule has 0 fully saturated rings. The van der Waals surface area contributed by atoms with Crippen molar-refractivity contribution in [2.75, 3.05) is 0 Å². The normalized spacial score (nSPS) is 11.3. The van der Waals surface area contributed by atoms with Gasteiger partial charge in [0.15, 0.2) is 0 Å². The average Bonchev–Trinajstić information content (AvgIpc) is 3.39. The Balaban J connectivity index is 1.47. The van der Waals surface area contributed by atoms with E-state index in [9.17, 15) is 9.18 Å². The highest BCUT2D eigenvalue weighted by Crippen LogP contribution is 2.25. The maximum Gasteiger partial charge on any atom is 0.293 e. The van der Waals surface area contributed by atoms with Crippen molar-refractivity contribution in [1.29, 1.82) is 0 Å². The van der Waals surface area contributed by atoms with E-state index in [1.807, 2.05) is 24.3 Å². The number of fused-ring (bicyclic) bond motifs is 1. The first-order valence-corrected chi connectivity index (χ1v) is 9.67. The number of benzene rings is 2. The third kappa shape index (κ3) is 3.30. The minimum absolute atomic E-state index is 0.0177. The van der Waals surface area contributed by atoms with Crippen LogP contribution >= 0.6 is 15.9 Å². The molecule has 0 saturated heterocycles. The average molecular weight is 467 g/mol. The van der Waals surface area contributed by atoms with Crippen LogP contribution in [-0.4, -0.2) is 29.5 Å². The molecule has 0 aliphatic rings. The Morgan fingerprint density at radius 2 is 1.90 bits per heavy atom. The van der Waals surface area contributed by atoms with E-state index in [0.29, 0.717) is 22.6 Å². The number of hydrogen-bond donors (Lipinski definition) is 0. The second kappa shape index (κ2) is 7.30. The van der Waals surface area contributed by atoms with Crippen LogP contribution in [0.4, 0.5) is 4.39 Å². The summed E-state index contributed by atoms with van der Waals surface area (Å²) in [7, 11) is 0. The monoisotopic (exact) mass is 466 g/mol. The first kappa shape index (κ1) is 18.4. The van der Waals surface area contributed by atoms with Gasteiger partial charge in [-0.2, -0.15) is 15.2 Å². The molecule has 0 radical (unpaired) electrons. The zero-order chi connectivity index (χ0) is 20.7. The molecule has 5 aromatic rings. The number of nitrogens with zero attached hydrogens (tertiary/aromatic N) is 6. The molecular formula is C20H12BrFN6O2. The summed E-state index contributed by atoms with van der Waals surface area (Å²) in [6.45, 7) is 0.0177. The maximum atomic E-state index is 13.2. The lowest BCUT2D eigenvalue weighted by atomic mass is 10.1. The second-order valence-corrected chi connectivity index (χ2v) is 7.31. The Morgan fingerprint density at radius 1 is 1.10 bits per heavy atom. The Morgan fingerprint density at radius 3 is 2.70 bits per heavy atom. The molecule has 0 aliphatic heterocycles. The van der Waals surface area contributed by atoms with Crippen molar-refractivity contribution >= 4 is 21.4 Å². The fourth-order valence-corrected chi connectivity index (χ4v) is 3.47. The van der Waals surface area contributed by atoms with Crippen molar-refractivity contribution in [3.8, 4) is 22.6 Å². The van der Waals surface area contributed by atoms with Crippen LogP contribution in [0.2, 0.25) is 0 Å². The van der Waals surface area contributed by atoms with Gasteiger partial charge in [0.1, 0.15) is 24.2 Å². The first-order valence-electron chi connectivity index (χ1n) is 8.87. The van der Waals surface area contributed by atoms with Gasteiger partial charge in [-0.1, -0.05) is 33.2 Å². The van der Waals surface area contributed by atoms with Gasteiger partial charge in [0, 0.05) is 15.6 Å². The van der Waals surface area contributed by atoms with Gasteiger partial charge in [0.2, 0.25) is 11.7 Å². The smallest absolute Gasteiger partial charge is 0.293 e. The molecule has 3 aromatic heterocycles. The van der Waals surface area contributed by atoms with E-state index in [1.54, 1.807) is 18.2 Å². The SMILES string of the molecule is O=c1c2cc(-c3ccc(F)cc3)nn2cnn1Cc1nc(-c2ccccc2Br)no1. The fraction of sp³-hybridized carbons (Fsp3) is 0.0500. The summed E-state index contributed by atoms with van der Waals surface area (Å²) in [4.78, 5) is 17.2. The Bertz CT molecular complexity index is 1420. The lowest BCUT2D eigenvalue weighted by Crippen LogP contribution is -2.25. The Hall–Kier alpha value is -3.66. The topological polar surface area (TPSA) is 91.1 Å². The number of hydrogen-bond acceptors (Lipinski definition) is 6. The third-order valence-corrected chi connectivity index (χ3v) is 5.19. The van der Waals surface area contributed by atoms with Gasteiger partial charge >= 0.3 is 0 Å². The molecule has 0 bridgehead atoms. The lowest BCUT2D eigenvalue weighted by molar-refractivity contribution is 0.362. The van der Waals surface area contributed by atoms with Crippen molar-refractivity contribution in [1.82, 2.24) is 29.5 Å². The predicted molar refractivity (Wildman–Crippen MR) is 109 cm³/mol. The van der Waals surface area contributed by atoms with Crippen molar-refractivity contribution < 1.29 is 8.91 Å². The molecule has 148 valence electrons. The fourth-order valence-electron chi connectivity index (χ4n) is 3.01. The summed E-state index contributed by atoms with van der Waals surface area (Å²) in [6, 6.07) is 15.0. The minimum Gasteiger partial charge on any atom is -0.337 e. The quantitative estimate of drug-likeness (QED) is 0.402. The number of aromatic nitrogens is 6. The van der Waals surface area contributed by atoms with Crippen molar-refractivity contribution in [3.63, 3.8) is 0 Å². The van der Waals surface area contributed by atoms with Crippen LogP contribution in [0, 0.1) is 5.82 Å². The van der Waals surface area contributed by atoms with Gasteiger partial charge in [-0.05, 0) is 42.5 Å². The maximum absolute atomic E-state index is 13.2. The van der Waals surface area contributed by atoms with Crippen molar-refractivity contribution in [2.24, 2.45) is 0 Å². The molecule has 0 amide bonds. The number of halogens is 2. The van der Waals surface area contributed by atoms with Gasteiger partial charge in [-0.15, -0.1) is 0 Å². The first-order chi connectivity index (χ1) is 14.6. The van der Waals surface area contributed by atoms with Crippen LogP contribution < -0.4 is 5.56 Å². The molecule has 3 heterocycles. The van der Waals surface area contributed by atoms with Crippen LogP contribution in [0.5, 0.6) is 0 Å². The van der Waals surface area contributed by atoms with Crippen molar-refractivity contribution in [3.05, 3.63) is 87.5 Å². The summed E-state index contributed by atoms with van der Waals surface area (Å²) in [5, 5.41) is 12.4. The van der Waals surface area contributed by atoms with Crippen LogP contribution in [0.1, 0.15) is 5.89 Å². The highest BCUT2D eigenvalue weighted by molar-refractivity contribution is 9.10. The standard InChI is InChI=1S/C20H12BrFN6O2/c21-15-4-2-1-3-14(15)19-24-18(30-26-19)10-27-20(29)17-9-16(25-28(17)11-23-27)12-5-7-13(22)8-6-12/h1-9,11H,10H2. The summed E-state index contributed by atoms with van der Waals surface area (Å²) >= 11 is 3.45. The molecule has 0 atom stereocenters. The molecular weight excluding hydrogens is 455 g/mol. The molecule has 30 heavy (non-hydrogen) atoms. The molecule has 2 aromatic carbocycles. The zero-order valence-electron chi connectivity index (χ0n) is 15.2. The van der Waals surface area contributed by atoms with E-state index >= 15 is 0 Å². The molecule has 0 saturated carbocycles. The van der Waals surface area contributed by atoms with Crippen molar-refractivity contribution in [2.45, 2.75) is 6.54 Å². The summed E-state index contributed by atoms with van der Waals surface area (Å²) in [5.41, 5.74) is 1.98. The third-order valence-electron chi connectivity index (χ3n) is 4.50. The highest BCUT2D eigenvalue weighted by atomic mass is 79.9. The lowest BCUT2D eigenvalue weighted by Gasteiger charge is -2.00. The summed E-state index contributed by atoms with van der Waals surface area (Å²) in [5.74, 6) is 0.320. The molecule has 0 spiro atoms. The second-order valence-electron chi connectivity index (χ2n) is 6.45. The van der Waals surface area contributed by atoms with Crippen LogP contribution in [-0.2, 0) is 6.54 Å². The predicted octanol–water partition coefficient (Wildman–Crippen LogP) is 3.56. The van der Waals surface area contributed by atoms with E-state index in [4.69, 9.17) is 4.52 Å². The van der Waals surface area contributed by atoms with Gasteiger partial charge in [0.25, 0.3) is 5.56 Å². The molecule has 0 unspecified atom stereocenters. The minimum atomic E-state index is -0.362. The molecule has 8 nitrogen and oxygen atoms in total. The van der Waals surface area contributed by atoms with Gasteiger partial charge in [-0.25, -0.2) is 13.6 Å². The van der Waals surface area contributed by atoms with E-state index < -0.39 is 0 Å². The van der Waals surface area contributed by atoms with Gasteiger partial charge in [-0.3, -0.25) is 4.79 Å². The van der Waals surface area contributed by atoms with Crippen LogP contribution in [0.15, 0.2) is 74.7 Å². The molecule has 5 rings (SSSR count). The van der Waals surface area contributed by atoms with Gasteiger partial charge < -0.3 is 4.52 Å². The van der Waals surface area contributed by atoms with E-state index in [-0.39, 0.29) is 23.8 Å². The van der Waals surface area contributed by atoms with Gasteiger partial charge in [0.05, 0.1) is 5.69 Å². The summed E-state index contributed by atoms with van der Waals surface area (Å²) in [6.07, 6.45) is 1.43. The van der Waals surface area contributed by atoms with Crippen LogP contribution in [0.25, 0.3) is 28.2 Å². The van der Waals surface area contributed by atoms with E-state index in [1.165, 1.54) is 27.7 Å². The zero-order valence-corrected chi connectivity index (χ0v) is 16.8. The van der Waals surface area contributed by atoms with E-state index in [0.717, 1.165) is 10.0 Å².